The maximum absolute atomic E-state index is 12.2. The molecule has 0 fully saturated rings. The Kier molecular flexibility index (Phi) is 3.10. The average Bonchev–Trinajstić information content (AvgIpc) is 2.02. The molecule has 0 unspecified atom stereocenters. The monoisotopic (exact) mass is 222 g/mol. The molecule has 0 saturated heterocycles. The second-order valence-corrected chi connectivity index (χ2v) is 2.82. The molecule has 0 aliphatic carbocycles. The van der Waals surface area contributed by atoms with E-state index in [0.717, 1.165) is 0 Å². The SMILES string of the molecule is C/C=C/c1cc(Cl)nc(C(F)(F)F)n1. The molecule has 0 atom stereocenters. The van der Waals surface area contributed by atoms with E-state index in [9.17, 15) is 13.2 Å². The molecule has 1 aromatic heterocycles. The van der Waals surface area contributed by atoms with E-state index in [0.29, 0.717) is 0 Å². The van der Waals surface area contributed by atoms with Crippen molar-refractivity contribution >= 4 is 17.7 Å². The zero-order valence-electron chi connectivity index (χ0n) is 7.14. The Morgan fingerprint density at radius 3 is 2.50 bits per heavy atom. The third-order valence-electron chi connectivity index (χ3n) is 1.31. The van der Waals surface area contributed by atoms with E-state index in [1.54, 1.807) is 13.0 Å². The lowest BCUT2D eigenvalue weighted by atomic mass is 10.3. The first-order valence-corrected chi connectivity index (χ1v) is 4.06. The molecule has 0 bridgehead atoms. The molecule has 0 amide bonds. The fourth-order valence-corrected chi connectivity index (χ4v) is 1.01. The quantitative estimate of drug-likeness (QED) is 0.682. The van der Waals surface area contributed by atoms with Gasteiger partial charge >= 0.3 is 6.18 Å². The summed E-state index contributed by atoms with van der Waals surface area (Å²) in [7, 11) is 0. The average molecular weight is 223 g/mol. The fraction of sp³-hybridized carbons (Fsp3) is 0.250. The van der Waals surface area contributed by atoms with E-state index in [-0.39, 0.29) is 10.8 Å². The van der Waals surface area contributed by atoms with Gasteiger partial charge in [-0.15, -0.1) is 0 Å². The van der Waals surface area contributed by atoms with E-state index in [2.05, 4.69) is 9.97 Å². The van der Waals surface area contributed by atoms with Gasteiger partial charge in [-0.05, 0) is 13.0 Å². The minimum Gasteiger partial charge on any atom is -0.225 e. The molecule has 0 radical (unpaired) electrons. The van der Waals surface area contributed by atoms with Crippen molar-refractivity contribution in [2.24, 2.45) is 0 Å². The Balaban J connectivity index is 3.20. The lowest BCUT2D eigenvalue weighted by Gasteiger charge is -2.05. The number of hydrogen-bond acceptors (Lipinski definition) is 2. The highest BCUT2D eigenvalue weighted by Gasteiger charge is 2.35. The van der Waals surface area contributed by atoms with Crippen LogP contribution in [-0.4, -0.2) is 9.97 Å². The van der Waals surface area contributed by atoms with Crippen LogP contribution in [0.2, 0.25) is 5.15 Å². The Hall–Kier alpha value is -1.10. The van der Waals surface area contributed by atoms with Gasteiger partial charge < -0.3 is 0 Å². The summed E-state index contributed by atoms with van der Waals surface area (Å²) in [5, 5.41) is -0.222. The first-order valence-electron chi connectivity index (χ1n) is 3.68. The molecule has 0 N–H and O–H groups in total. The number of nitrogens with zero attached hydrogens (tertiary/aromatic N) is 2. The fourth-order valence-electron chi connectivity index (χ4n) is 0.818. The molecule has 0 spiro atoms. The van der Waals surface area contributed by atoms with Gasteiger partial charge in [0, 0.05) is 6.07 Å². The van der Waals surface area contributed by atoms with Gasteiger partial charge in [0.25, 0.3) is 0 Å². The van der Waals surface area contributed by atoms with Crippen LogP contribution < -0.4 is 0 Å². The van der Waals surface area contributed by atoms with Crippen molar-refractivity contribution in [2.75, 3.05) is 0 Å². The van der Waals surface area contributed by atoms with Gasteiger partial charge in [0.15, 0.2) is 0 Å². The Bertz CT molecular complexity index is 360. The molecule has 14 heavy (non-hydrogen) atoms. The summed E-state index contributed by atoms with van der Waals surface area (Å²) < 4.78 is 36.5. The highest BCUT2D eigenvalue weighted by Crippen LogP contribution is 2.27. The number of aromatic nitrogens is 2. The van der Waals surface area contributed by atoms with Crippen LogP contribution in [0.3, 0.4) is 0 Å². The van der Waals surface area contributed by atoms with Gasteiger partial charge in [-0.2, -0.15) is 13.2 Å². The summed E-state index contributed by atoms with van der Waals surface area (Å²) in [6, 6.07) is 1.26. The lowest BCUT2D eigenvalue weighted by molar-refractivity contribution is -0.145. The van der Waals surface area contributed by atoms with E-state index >= 15 is 0 Å². The van der Waals surface area contributed by atoms with Gasteiger partial charge in [0.1, 0.15) is 5.15 Å². The van der Waals surface area contributed by atoms with Crippen LogP contribution in [0, 0.1) is 0 Å². The maximum Gasteiger partial charge on any atom is 0.451 e. The molecule has 0 aliphatic rings. The van der Waals surface area contributed by atoms with Gasteiger partial charge in [-0.25, -0.2) is 9.97 Å². The van der Waals surface area contributed by atoms with Crippen molar-refractivity contribution in [3.8, 4) is 0 Å². The molecular formula is C8H6ClF3N2. The van der Waals surface area contributed by atoms with Crippen molar-refractivity contribution in [2.45, 2.75) is 13.1 Å². The van der Waals surface area contributed by atoms with Crippen molar-refractivity contribution in [1.82, 2.24) is 9.97 Å². The molecule has 0 aliphatic heterocycles. The molecule has 1 rings (SSSR count). The van der Waals surface area contributed by atoms with Gasteiger partial charge in [-0.3, -0.25) is 0 Å². The Morgan fingerprint density at radius 2 is 2.00 bits per heavy atom. The number of alkyl halides is 3. The van der Waals surface area contributed by atoms with Crippen molar-refractivity contribution in [3.63, 3.8) is 0 Å². The van der Waals surface area contributed by atoms with Crippen molar-refractivity contribution in [3.05, 3.63) is 28.8 Å². The molecule has 1 heterocycles. The smallest absolute Gasteiger partial charge is 0.225 e. The predicted molar refractivity (Wildman–Crippen MR) is 46.8 cm³/mol. The zero-order chi connectivity index (χ0) is 10.8. The minimum absolute atomic E-state index is 0.139. The van der Waals surface area contributed by atoms with Crippen LogP contribution in [0.1, 0.15) is 18.4 Å². The lowest BCUT2D eigenvalue weighted by Crippen LogP contribution is -2.11. The third-order valence-corrected chi connectivity index (χ3v) is 1.50. The molecule has 2 nitrogen and oxygen atoms in total. The number of allylic oxidation sites excluding steroid dienone is 1. The summed E-state index contributed by atoms with van der Waals surface area (Å²) in [4.78, 5) is 6.37. The van der Waals surface area contributed by atoms with Crippen molar-refractivity contribution < 1.29 is 13.2 Å². The predicted octanol–water partition coefficient (Wildman–Crippen LogP) is 3.18. The largest absolute Gasteiger partial charge is 0.451 e. The van der Waals surface area contributed by atoms with Crippen LogP contribution in [0.25, 0.3) is 6.08 Å². The van der Waals surface area contributed by atoms with Crippen LogP contribution in [-0.2, 0) is 6.18 Å². The second-order valence-electron chi connectivity index (χ2n) is 2.44. The van der Waals surface area contributed by atoms with Gasteiger partial charge in [0.05, 0.1) is 5.69 Å². The summed E-state index contributed by atoms with van der Waals surface area (Å²) in [6.45, 7) is 1.67. The molecule has 0 aromatic carbocycles. The van der Waals surface area contributed by atoms with Crippen LogP contribution in [0.5, 0.6) is 0 Å². The molecule has 0 saturated carbocycles. The summed E-state index contributed by atoms with van der Waals surface area (Å²) in [5.74, 6) is -1.22. The first kappa shape index (κ1) is 11.0. The minimum atomic E-state index is -4.57. The van der Waals surface area contributed by atoms with Crippen LogP contribution >= 0.6 is 11.6 Å². The van der Waals surface area contributed by atoms with Gasteiger partial charge in [-0.1, -0.05) is 17.7 Å². The normalized spacial score (nSPS) is 12.4. The van der Waals surface area contributed by atoms with Gasteiger partial charge in [0.2, 0.25) is 5.82 Å². The maximum atomic E-state index is 12.2. The Labute approximate surface area is 83.4 Å². The summed E-state index contributed by atoms with van der Waals surface area (Å²) in [5.41, 5.74) is 0.139. The molecular weight excluding hydrogens is 217 g/mol. The third kappa shape index (κ3) is 2.70. The Morgan fingerprint density at radius 1 is 1.36 bits per heavy atom. The number of halogens is 4. The standard InChI is InChI=1S/C8H6ClF3N2/c1-2-3-5-4-6(9)14-7(13-5)8(10,11)12/h2-4H,1H3/b3-2+. The summed E-state index contributed by atoms with van der Waals surface area (Å²) in [6.07, 6.45) is -1.58. The second kappa shape index (κ2) is 3.96. The van der Waals surface area contributed by atoms with Crippen molar-refractivity contribution in [1.29, 1.82) is 0 Å². The highest BCUT2D eigenvalue weighted by molar-refractivity contribution is 6.29. The molecule has 76 valence electrons. The van der Waals surface area contributed by atoms with Crippen LogP contribution in [0.4, 0.5) is 13.2 Å². The van der Waals surface area contributed by atoms with E-state index in [1.165, 1.54) is 12.1 Å². The number of rotatable bonds is 1. The molecule has 6 heteroatoms. The topological polar surface area (TPSA) is 25.8 Å². The van der Waals surface area contributed by atoms with E-state index in [4.69, 9.17) is 11.6 Å². The number of hydrogen-bond donors (Lipinski definition) is 0. The summed E-state index contributed by atoms with van der Waals surface area (Å²) >= 11 is 5.41. The van der Waals surface area contributed by atoms with E-state index in [1.807, 2.05) is 0 Å². The first-order chi connectivity index (χ1) is 6.43. The molecule has 1 aromatic rings. The van der Waals surface area contributed by atoms with E-state index < -0.39 is 12.0 Å². The highest BCUT2D eigenvalue weighted by atomic mass is 35.5. The zero-order valence-corrected chi connectivity index (χ0v) is 7.89. The van der Waals surface area contributed by atoms with Crippen LogP contribution in [0.15, 0.2) is 12.1 Å².